The molecule has 1 aliphatic rings. The van der Waals surface area contributed by atoms with E-state index in [1.54, 1.807) is 0 Å². The van der Waals surface area contributed by atoms with Gasteiger partial charge in [0.25, 0.3) is 0 Å². The molecular formula is C22H31IN4O2. The summed E-state index contributed by atoms with van der Waals surface area (Å²) in [5, 5.41) is 3.13. The summed E-state index contributed by atoms with van der Waals surface area (Å²) in [6.07, 6.45) is 1.56. The molecule has 0 saturated carbocycles. The Labute approximate surface area is 190 Å². The van der Waals surface area contributed by atoms with E-state index in [-0.39, 0.29) is 24.0 Å². The number of hydrogen-bond acceptors (Lipinski definition) is 4. The van der Waals surface area contributed by atoms with Crippen molar-refractivity contribution in [1.82, 2.24) is 4.90 Å². The summed E-state index contributed by atoms with van der Waals surface area (Å²) in [7, 11) is 0. The molecule has 6 nitrogen and oxygen atoms in total. The van der Waals surface area contributed by atoms with Crippen LogP contribution in [-0.4, -0.2) is 49.2 Å². The molecule has 2 unspecified atom stereocenters. The van der Waals surface area contributed by atoms with Crippen molar-refractivity contribution < 1.29 is 9.47 Å². The van der Waals surface area contributed by atoms with Gasteiger partial charge in [0.05, 0.1) is 12.2 Å². The second-order valence-corrected chi connectivity index (χ2v) is 7.21. The number of guanidine groups is 1. The minimum atomic E-state index is 0. The SMILES string of the molecule is CC1CN(CCCN=C(N)Nc2cccc(Oc3ccccc3)c2)CC(C)O1.I. The van der Waals surface area contributed by atoms with E-state index in [9.17, 15) is 0 Å². The van der Waals surface area contributed by atoms with Gasteiger partial charge in [-0.25, -0.2) is 0 Å². The first-order chi connectivity index (χ1) is 13.6. The second-order valence-electron chi connectivity index (χ2n) is 7.21. The van der Waals surface area contributed by atoms with Crippen LogP contribution in [0, 0.1) is 0 Å². The molecule has 2 aromatic rings. The number of aliphatic imine (C=N–C) groups is 1. The highest BCUT2D eigenvalue weighted by Crippen LogP contribution is 2.23. The van der Waals surface area contributed by atoms with Gasteiger partial charge in [-0.2, -0.15) is 0 Å². The topological polar surface area (TPSA) is 72.1 Å². The van der Waals surface area contributed by atoms with E-state index in [2.05, 4.69) is 29.1 Å². The Hall–Kier alpha value is -1.84. The molecule has 0 radical (unpaired) electrons. The maximum Gasteiger partial charge on any atom is 0.193 e. The fraction of sp³-hybridized carbons (Fsp3) is 0.409. The van der Waals surface area contributed by atoms with Gasteiger partial charge < -0.3 is 20.5 Å². The molecular weight excluding hydrogens is 479 g/mol. The number of rotatable bonds is 7. The molecule has 2 atom stereocenters. The summed E-state index contributed by atoms with van der Waals surface area (Å²) < 4.78 is 11.6. The van der Waals surface area contributed by atoms with Crippen LogP contribution in [0.15, 0.2) is 59.6 Å². The summed E-state index contributed by atoms with van der Waals surface area (Å²) in [4.78, 5) is 6.87. The monoisotopic (exact) mass is 510 g/mol. The van der Waals surface area contributed by atoms with Crippen LogP contribution in [0.4, 0.5) is 5.69 Å². The van der Waals surface area contributed by atoms with Crippen molar-refractivity contribution in [3.05, 3.63) is 54.6 Å². The van der Waals surface area contributed by atoms with Gasteiger partial charge in [0.2, 0.25) is 0 Å². The lowest BCUT2D eigenvalue weighted by molar-refractivity contribution is -0.0679. The first-order valence-electron chi connectivity index (χ1n) is 9.86. The minimum Gasteiger partial charge on any atom is -0.457 e. The van der Waals surface area contributed by atoms with Crippen molar-refractivity contribution in [2.24, 2.45) is 10.7 Å². The average Bonchev–Trinajstić information content (AvgIpc) is 2.66. The summed E-state index contributed by atoms with van der Waals surface area (Å²) in [5.41, 5.74) is 6.89. The van der Waals surface area contributed by atoms with Crippen LogP contribution < -0.4 is 15.8 Å². The van der Waals surface area contributed by atoms with Gasteiger partial charge in [0.1, 0.15) is 11.5 Å². The number of halogens is 1. The molecule has 2 aromatic carbocycles. The third-order valence-electron chi connectivity index (χ3n) is 4.50. The van der Waals surface area contributed by atoms with Crippen LogP contribution in [0.25, 0.3) is 0 Å². The summed E-state index contributed by atoms with van der Waals surface area (Å²) in [6, 6.07) is 17.4. The van der Waals surface area contributed by atoms with Gasteiger partial charge in [-0.3, -0.25) is 9.89 Å². The lowest BCUT2D eigenvalue weighted by Crippen LogP contribution is -2.45. The van der Waals surface area contributed by atoms with Crippen molar-refractivity contribution in [1.29, 1.82) is 0 Å². The third kappa shape index (κ3) is 8.20. The Kier molecular flexibility index (Phi) is 9.69. The number of ether oxygens (including phenoxy) is 2. The van der Waals surface area contributed by atoms with Gasteiger partial charge in [-0.15, -0.1) is 24.0 Å². The molecule has 158 valence electrons. The number of morpholine rings is 1. The molecule has 29 heavy (non-hydrogen) atoms. The van der Waals surface area contributed by atoms with E-state index in [1.807, 2.05) is 54.6 Å². The fourth-order valence-electron chi connectivity index (χ4n) is 3.41. The lowest BCUT2D eigenvalue weighted by Gasteiger charge is -2.35. The fourth-order valence-corrected chi connectivity index (χ4v) is 3.41. The Bertz CT molecular complexity index is 762. The quantitative estimate of drug-likeness (QED) is 0.251. The van der Waals surface area contributed by atoms with Crippen LogP contribution in [0.2, 0.25) is 0 Å². The number of nitrogens with zero attached hydrogens (tertiary/aromatic N) is 2. The Balaban J connectivity index is 0.00000300. The van der Waals surface area contributed by atoms with Gasteiger partial charge in [-0.05, 0) is 44.5 Å². The minimum absolute atomic E-state index is 0. The van der Waals surface area contributed by atoms with Crippen LogP contribution in [-0.2, 0) is 4.74 Å². The Morgan fingerprint density at radius 2 is 1.79 bits per heavy atom. The summed E-state index contributed by atoms with van der Waals surface area (Å²) in [6.45, 7) is 7.91. The van der Waals surface area contributed by atoms with E-state index in [4.69, 9.17) is 15.2 Å². The standard InChI is InChI=1S/C22H30N4O2.HI/c1-17-15-26(16-18(2)27-17)13-7-12-24-22(23)25-19-8-6-11-21(14-19)28-20-9-4-3-5-10-20;/h3-6,8-11,14,17-18H,7,12-13,15-16H2,1-2H3,(H3,23,24,25);1H. The van der Waals surface area contributed by atoms with Crippen molar-refractivity contribution in [3.8, 4) is 11.5 Å². The van der Waals surface area contributed by atoms with E-state index in [1.165, 1.54) is 0 Å². The zero-order valence-electron chi connectivity index (χ0n) is 17.1. The zero-order valence-corrected chi connectivity index (χ0v) is 19.4. The molecule has 3 N–H and O–H groups in total. The summed E-state index contributed by atoms with van der Waals surface area (Å²) in [5.74, 6) is 1.97. The van der Waals surface area contributed by atoms with Crippen molar-refractivity contribution in [3.63, 3.8) is 0 Å². The highest BCUT2D eigenvalue weighted by atomic mass is 127. The number of benzene rings is 2. The molecule has 3 rings (SSSR count). The number of anilines is 1. The van der Waals surface area contributed by atoms with Crippen LogP contribution >= 0.6 is 24.0 Å². The normalized spacial score (nSPS) is 20.0. The van der Waals surface area contributed by atoms with Crippen molar-refractivity contribution in [2.45, 2.75) is 32.5 Å². The highest BCUT2D eigenvalue weighted by molar-refractivity contribution is 14.0. The molecule has 0 spiro atoms. The molecule has 1 heterocycles. The largest absolute Gasteiger partial charge is 0.457 e. The number of nitrogens with one attached hydrogen (secondary N) is 1. The van der Waals surface area contributed by atoms with Crippen LogP contribution in [0.5, 0.6) is 11.5 Å². The first kappa shape index (κ1) is 23.4. The Morgan fingerprint density at radius 1 is 1.10 bits per heavy atom. The van der Waals surface area contributed by atoms with Gasteiger partial charge in [0, 0.05) is 37.9 Å². The summed E-state index contributed by atoms with van der Waals surface area (Å²) >= 11 is 0. The lowest BCUT2D eigenvalue weighted by atomic mass is 10.2. The molecule has 1 aliphatic heterocycles. The van der Waals surface area contributed by atoms with Gasteiger partial charge in [-0.1, -0.05) is 24.3 Å². The zero-order chi connectivity index (χ0) is 19.8. The maximum absolute atomic E-state index is 6.04. The third-order valence-corrected chi connectivity index (χ3v) is 4.50. The number of nitrogens with two attached hydrogens (primary N) is 1. The van der Waals surface area contributed by atoms with E-state index >= 15 is 0 Å². The molecule has 1 fully saturated rings. The predicted octanol–water partition coefficient (Wildman–Crippen LogP) is 4.32. The van der Waals surface area contributed by atoms with Crippen molar-refractivity contribution >= 4 is 35.6 Å². The highest BCUT2D eigenvalue weighted by Gasteiger charge is 2.21. The predicted molar refractivity (Wildman–Crippen MR) is 130 cm³/mol. The number of para-hydroxylation sites is 1. The van der Waals surface area contributed by atoms with Gasteiger partial charge >= 0.3 is 0 Å². The van der Waals surface area contributed by atoms with E-state index < -0.39 is 0 Å². The number of hydrogen-bond donors (Lipinski definition) is 2. The molecule has 0 bridgehead atoms. The van der Waals surface area contributed by atoms with Crippen LogP contribution in [0.3, 0.4) is 0 Å². The molecule has 0 amide bonds. The molecule has 7 heteroatoms. The second kappa shape index (κ2) is 12.0. The molecule has 0 aromatic heterocycles. The van der Waals surface area contributed by atoms with E-state index in [0.29, 0.717) is 24.7 Å². The smallest absolute Gasteiger partial charge is 0.193 e. The van der Waals surface area contributed by atoms with Crippen molar-refractivity contribution in [2.75, 3.05) is 31.5 Å². The van der Waals surface area contributed by atoms with Crippen LogP contribution in [0.1, 0.15) is 20.3 Å². The molecule has 0 aliphatic carbocycles. The molecule has 1 saturated heterocycles. The van der Waals surface area contributed by atoms with E-state index in [0.717, 1.165) is 43.2 Å². The Morgan fingerprint density at radius 3 is 2.52 bits per heavy atom. The average molecular weight is 510 g/mol. The first-order valence-corrected chi connectivity index (χ1v) is 9.86. The maximum atomic E-state index is 6.04. The van der Waals surface area contributed by atoms with Gasteiger partial charge in [0.15, 0.2) is 5.96 Å².